The summed E-state index contributed by atoms with van der Waals surface area (Å²) in [5.74, 6) is 1.38. The van der Waals surface area contributed by atoms with Crippen molar-refractivity contribution in [1.82, 2.24) is 15.2 Å². The highest BCUT2D eigenvalue weighted by Crippen LogP contribution is 2.27. The zero-order valence-corrected chi connectivity index (χ0v) is 10.0. The average molecular weight is 231 g/mol. The van der Waals surface area contributed by atoms with Gasteiger partial charge in [-0.3, -0.25) is 9.78 Å². The SMILES string of the molecule is Cc1cccnc1C(=O)N1CC2CNCC2C1. The van der Waals surface area contributed by atoms with Gasteiger partial charge < -0.3 is 10.2 Å². The second kappa shape index (κ2) is 4.11. The van der Waals surface area contributed by atoms with Gasteiger partial charge in [-0.15, -0.1) is 0 Å². The third kappa shape index (κ3) is 1.82. The van der Waals surface area contributed by atoms with E-state index in [0.29, 0.717) is 17.5 Å². The summed E-state index contributed by atoms with van der Waals surface area (Å²) in [6.45, 7) is 5.81. The van der Waals surface area contributed by atoms with Gasteiger partial charge in [0.2, 0.25) is 0 Å². The molecule has 3 rings (SSSR count). The maximum Gasteiger partial charge on any atom is 0.272 e. The average Bonchev–Trinajstić information content (AvgIpc) is 2.88. The van der Waals surface area contributed by atoms with E-state index in [-0.39, 0.29) is 5.91 Å². The van der Waals surface area contributed by atoms with Gasteiger partial charge in [0, 0.05) is 32.4 Å². The fourth-order valence-corrected chi connectivity index (χ4v) is 2.88. The van der Waals surface area contributed by atoms with Gasteiger partial charge in [0.05, 0.1) is 0 Å². The Morgan fingerprint density at radius 2 is 2.12 bits per heavy atom. The molecule has 4 nitrogen and oxygen atoms in total. The Kier molecular flexibility index (Phi) is 2.59. The van der Waals surface area contributed by atoms with Gasteiger partial charge in [0.15, 0.2) is 0 Å². The minimum atomic E-state index is 0.0949. The summed E-state index contributed by atoms with van der Waals surface area (Å²) in [5.41, 5.74) is 1.58. The number of carbonyl (C=O) groups excluding carboxylic acids is 1. The molecule has 1 aromatic rings. The van der Waals surface area contributed by atoms with Crippen molar-refractivity contribution >= 4 is 5.91 Å². The lowest BCUT2D eigenvalue weighted by molar-refractivity contribution is 0.0775. The first kappa shape index (κ1) is 10.7. The van der Waals surface area contributed by atoms with E-state index in [1.807, 2.05) is 24.0 Å². The first-order chi connectivity index (χ1) is 8.25. The predicted molar refractivity (Wildman–Crippen MR) is 64.7 cm³/mol. The van der Waals surface area contributed by atoms with Gasteiger partial charge in [-0.05, 0) is 30.4 Å². The van der Waals surface area contributed by atoms with Gasteiger partial charge in [0.1, 0.15) is 5.69 Å². The maximum absolute atomic E-state index is 12.3. The normalized spacial score (nSPS) is 27.2. The fraction of sp³-hybridized carbons (Fsp3) is 0.538. The highest BCUT2D eigenvalue weighted by molar-refractivity contribution is 5.93. The summed E-state index contributed by atoms with van der Waals surface area (Å²) in [5, 5.41) is 3.38. The molecular weight excluding hydrogens is 214 g/mol. The first-order valence-electron chi connectivity index (χ1n) is 6.17. The number of likely N-dealkylation sites (tertiary alicyclic amines) is 1. The summed E-state index contributed by atoms with van der Waals surface area (Å²) in [4.78, 5) is 18.5. The molecule has 17 heavy (non-hydrogen) atoms. The van der Waals surface area contributed by atoms with Crippen LogP contribution in [0.15, 0.2) is 18.3 Å². The van der Waals surface area contributed by atoms with E-state index in [9.17, 15) is 4.79 Å². The van der Waals surface area contributed by atoms with Crippen LogP contribution in [0.25, 0.3) is 0 Å². The molecule has 3 heterocycles. The molecule has 2 aliphatic heterocycles. The first-order valence-corrected chi connectivity index (χ1v) is 6.17. The molecule has 4 heteroatoms. The number of pyridine rings is 1. The Labute approximate surface area is 101 Å². The number of hydrogen-bond donors (Lipinski definition) is 1. The molecule has 0 saturated carbocycles. The molecule has 2 unspecified atom stereocenters. The number of nitrogens with one attached hydrogen (secondary N) is 1. The van der Waals surface area contributed by atoms with Crippen LogP contribution in [0.1, 0.15) is 16.1 Å². The van der Waals surface area contributed by atoms with Crippen molar-refractivity contribution in [2.24, 2.45) is 11.8 Å². The summed E-state index contributed by atoms with van der Waals surface area (Å²) in [7, 11) is 0. The van der Waals surface area contributed by atoms with Gasteiger partial charge in [0.25, 0.3) is 5.91 Å². The topological polar surface area (TPSA) is 45.2 Å². The van der Waals surface area contributed by atoms with E-state index in [2.05, 4.69) is 10.3 Å². The highest BCUT2D eigenvalue weighted by atomic mass is 16.2. The Balaban J connectivity index is 1.78. The van der Waals surface area contributed by atoms with Crippen LogP contribution in [0.2, 0.25) is 0 Å². The third-order valence-corrected chi connectivity index (χ3v) is 3.89. The summed E-state index contributed by atoms with van der Waals surface area (Å²) >= 11 is 0. The number of fused-ring (bicyclic) bond motifs is 1. The molecule has 90 valence electrons. The molecular formula is C13H17N3O. The number of aromatic nitrogens is 1. The Morgan fingerprint density at radius 1 is 1.41 bits per heavy atom. The van der Waals surface area contributed by atoms with Crippen LogP contribution in [-0.2, 0) is 0 Å². The van der Waals surface area contributed by atoms with Crippen LogP contribution in [0.5, 0.6) is 0 Å². The van der Waals surface area contributed by atoms with E-state index in [1.165, 1.54) is 0 Å². The van der Waals surface area contributed by atoms with Gasteiger partial charge in [-0.25, -0.2) is 0 Å². The smallest absolute Gasteiger partial charge is 0.272 e. The minimum absolute atomic E-state index is 0.0949. The number of amides is 1. The van der Waals surface area contributed by atoms with Crippen molar-refractivity contribution in [2.45, 2.75) is 6.92 Å². The monoisotopic (exact) mass is 231 g/mol. The molecule has 0 bridgehead atoms. The summed E-state index contributed by atoms with van der Waals surface area (Å²) < 4.78 is 0. The van der Waals surface area contributed by atoms with Crippen molar-refractivity contribution in [3.05, 3.63) is 29.6 Å². The zero-order chi connectivity index (χ0) is 11.8. The molecule has 0 aromatic carbocycles. The van der Waals surface area contributed by atoms with Crippen LogP contribution in [-0.4, -0.2) is 42.0 Å². The summed E-state index contributed by atoms with van der Waals surface area (Å²) in [6, 6.07) is 3.81. The lowest BCUT2D eigenvalue weighted by Gasteiger charge is -2.17. The molecule has 2 saturated heterocycles. The van der Waals surface area contributed by atoms with Gasteiger partial charge >= 0.3 is 0 Å². The van der Waals surface area contributed by atoms with Crippen LogP contribution < -0.4 is 5.32 Å². The van der Waals surface area contributed by atoms with Crippen molar-refractivity contribution in [2.75, 3.05) is 26.2 Å². The van der Waals surface area contributed by atoms with Crippen molar-refractivity contribution < 1.29 is 4.79 Å². The van der Waals surface area contributed by atoms with Crippen molar-refractivity contribution in [1.29, 1.82) is 0 Å². The number of aryl methyl sites for hydroxylation is 1. The Bertz CT molecular complexity index is 434. The minimum Gasteiger partial charge on any atom is -0.337 e. The van der Waals surface area contributed by atoms with Crippen LogP contribution >= 0.6 is 0 Å². The largest absolute Gasteiger partial charge is 0.337 e. The standard InChI is InChI=1S/C13H17N3O/c1-9-3-2-4-15-12(9)13(17)16-7-10-5-14-6-11(10)8-16/h2-4,10-11,14H,5-8H2,1H3. The molecule has 1 N–H and O–H groups in total. The fourth-order valence-electron chi connectivity index (χ4n) is 2.88. The molecule has 0 radical (unpaired) electrons. The second-order valence-electron chi connectivity index (χ2n) is 5.06. The number of rotatable bonds is 1. The van der Waals surface area contributed by atoms with E-state index >= 15 is 0 Å². The molecule has 2 aliphatic rings. The quantitative estimate of drug-likeness (QED) is 0.773. The van der Waals surface area contributed by atoms with E-state index in [4.69, 9.17) is 0 Å². The van der Waals surface area contributed by atoms with Gasteiger partial charge in [-0.1, -0.05) is 6.07 Å². The molecule has 1 amide bonds. The Morgan fingerprint density at radius 3 is 2.76 bits per heavy atom. The summed E-state index contributed by atoms with van der Waals surface area (Å²) in [6.07, 6.45) is 1.69. The van der Waals surface area contributed by atoms with Crippen molar-refractivity contribution in [3.8, 4) is 0 Å². The lowest BCUT2D eigenvalue weighted by Crippen LogP contribution is -2.32. The maximum atomic E-state index is 12.3. The molecule has 2 atom stereocenters. The second-order valence-corrected chi connectivity index (χ2v) is 5.06. The van der Waals surface area contributed by atoms with E-state index < -0.39 is 0 Å². The predicted octanol–water partition coefficient (Wildman–Crippen LogP) is 0.681. The van der Waals surface area contributed by atoms with Crippen molar-refractivity contribution in [3.63, 3.8) is 0 Å². The van der Waals surface area contributed by atoms with Gasteiger partial charge in [-0.2, -0.15) is 0 Å². The molecule has 2 fully saturated rings. The number of nitrogens with zero attached hydrogens (tertiary/aromatic N) is 2. The Hall–Kier alpha value is -1.42. The number of hydrogen-bond acceptors (Lipinski definition) is 3. The van der Waals surface area contributed by atoms with Crippen LogP contribution in [0, 0.1) is 18.8 Å². The third-order valence-electron chi connectivity index (χ3n) is 3.89. The molecule has 0 spiro atoms. The van der Waals surface area contributed by atoms with E-state index in [1.54, 1.807) is 6.20 Å². The molecule has 1 aromatic heterocycles. The highest BCUT2D eigenvalue weighted by Gasteiger charge is 2.38. The van der Waals surface area contributed by atoms with Crippen LogP contribution in [0.4, 0.5) is 0 Å². The number of carbonyl (C=O) groups is 1. The zero-order valence-electron chi connectivity index (χ0n) is 10.0. The lowest BCUT2D eigenvalue weighted by atomic mass is 10.0. The van der Waals surface area contributed by atoms with Crippen LogP contribution in [0.3, 0.4) is 0 Å². The van der Waals surface area contributed by atoms with E-state index in [0.717, 1.165) is 31.7 Å². The molecule has 0 aliphatic carbocycles.